The second-order valence-corrected chi connectivity index (χ2v) is 4.31. The number of hydrogen-bond donors (Lipinski definition) is 1. The summed E-state index contributed by atoms with van der Waals surface area (Å²) >= 11 is 0. The van der Waals surface area contributed by atoms with Crippen LogP contribution < -0.4 is 0 Å². The van der Waals surface area contributed by atoms with Crippen molar-refractivity contribution in [2.75, 3.05) is 6.61 Å². The van der Waals surface area contributed by atoms with Crippen LogP contribution in [0.2, 0.25) is 0 Å². The van der Waals surface area contributed by atoms with Crippen molar-refractivity contribution >= 4 is 0 Å². The summed E-state index contributed by atoms with van der Waals surface area (Å²) in [6.45, 7) is 2.07. The van der Waals surface area contributed by atoms with Crippen LogP contribution in [0.15, 0.2) is 30.3 Å². The zero-order chi connectivity index (χ0) is 11.4. The molecule has 1 aromatic carbocycles. The molecule has 0 bridgehead atoms. The van der Waals surface area contributed by atoms with Crippen LogP contribution >= 0.6 is 0 Å². The molecule has 2 nitrogen and oxygen atoms in total. The first-order valence-electron chi connectivity index (χ1n) is 5.59. The number of ether oxygens (including phenoxy) is 1. The zero-order valence-electron chi connectivity index (χ0n) is 9.44. The number of aliphatic hydroxyl groups is 1. The van der Waals surface area contributed by atoms with Crippen LogP contribution in [0.1, 0.15) is 25.3 Å². The first-order valence-corrected chi connectivity index (χ1v) is 5.59. The van der Waals surface area contributed by atoms with Crippen LogP contribution in [-0.4, -0.2) is 23.4 Å². The van der Waals surface area contributed by atoms with Crippen molar-refractivity contribution in [1.29, 1.82) is 0 Å². The summed E-state index contributed by atoms with van der Waals surface area (Å²) in [5, 5.41) is 9.01. The van der Waals surface area contributed by atoms with Crippen molar-refractivity contribution in [1.82, 2.24) is 0 Å². The highest BCUT2D eigenvalue weighted by atomic mass is 16.5. The van der Waals surface area contributed by atoms with Gasteiger partial charge in [-0.15, -0.1) is 0 Å². The van der Waals surface area contributed by atoms with Crippen LogP contribution in [0.25, 0.3) is 0 Å². The lowest BCUT2D eigenvalue weighted by Crippen LogP contribution is -2.24. The van der Waals surface area contributed by atoms with Gasteiger partial charge in [0.1, 0.15) is 5.60 Å². The maximum atomic E-state index is 9.01. The highest BCUT2D eigenvalue weighted by Gasteiger charge is 2.33. The van der Waals surface area contributed by atoms with Crippen LogP contribution in [0, 0.1) is 11.8 Å². The van der Waals surface area contributed by atoms with E-state index in [4.69, 9.17) is 9.84 Å². The van der Waals surface area contributed by atoms with Gasteiger partial charge in [0.05, 0.1) is 12.7 Å². The van der Waals surface area contributed by atoms with Crippen LogP contribution in [-0.2, 0) is 4.74 Å². The van der Waals surface area contributed by atoms with Gasteiger partial charge in [-0.1, -0.05) is 30.0 Å². The molecule has 1 aliphatic heterocycles. The van der Waals surface area contributed by atoms with Gasteiger partial charge in [-0.2, -0.15) is 0 Å². The second kappa shape index (κ2) is 4.69. The summed E-state index contributed by atoms with van der Waals surface area (Å²) in [5.74, 6) is 6.27. The van der Waals surface area contributed by atoms with Gasteiger partial charge in [0, 0.05) is 5.56 Å². The Morgan fingerprint density at radius 3 is 2.81 bits per heavy atom. The monoisotopic (exact) mass is 216 g/mol. The van der Waals surface area contributed by atoms with Gasteiger partial charge in [-0.25, -0.2) is 0 Å². The number of hydrogen-bond acceptors (Lipinski definition) is 2. The molecule has 0 saturated carbocycles. The van der Waals surface area contributed by atoms with E-state index in [1.807, 2.05) is 37.3 Å². The highest BCUT2D eigenvalue weighted by molar-refractivity contribution is 5.36. The van der Waals surface area contributed by atoms with E-state index >= 15 is 0 Å². The molecule has 2 rings (SSSR count). The van der Waals surface area contributed by atoms with E-state index in [2.05, 4.69) is 11.8 Å². The maximum Gasteiger partial charge on any atom is 0.126 e. The van der Waals surface area contributed by atoms with E-state index in [0.29, 0.717) is 0 Å². The molecule has 0 amide bonds. The number of rotatable bonds is 1. The summed E-state index contributed by atoms with van der Waals surface area (Å²) in [7, 11) is 0. The van der Waals surface area contributed by atoms with E-state index in [1.165, 1.54) is 0 Å². The molecule has 1 heterocycles. The molecule has 0 aromatic heterocycles. The highest BCUT2D eigenvalue weighted by Crippen LogP contribution is 2.29. The molecule has 0 radical (unpaired) electrons. The fraction of sp³-hybridized carbons (Fsp3) is 0.429. The molecule has 2 heteroatoms. The molecule has 1 aliphatic rings. The normalized spacial score (nSPS) is 28.5. The third-order valence-corrected chi connectivity index (χ3v) is 2.82. The molecule has 2 atom stereocenters. The average molecular weight is 216 g/mol. The minimum absolute atomic E-state index is 0.0462. The maximum absolute atomic E-state index is 9.01. The van der Waals surface area contributed by atoms with Crippen molar-refractivity contribution < 1.29 is 9.84 Å². The smallest absolute Gasteiger partial charge is 0.126 e. The Morgan fingerprint density at radius 1 is 1.44 bits per heavy atom. The quantitative estimate of drug-likeness (QED) is 0.727. The predicted molar refractivity (Wildman–Crippen MR) is 62.9 cm³/mol. The Balaban J connectivity index is 2.08. The zero-order valence-corrected chi connectivity index (χ0v) is 9.44. The predicted octanol–water partition coefficient (Wildman–Crippen LogP) is 1.97. The largest absolute Gasteiger partial charge is 0.394 e. The molecule has 0 spiro atoms. The Kier molecular flexibility index (Phi) is 3.28. The van der Waals surface area contributed by atoms with Gasteiger partial charge >= 0.3 is 0 Å². The third-order valence-electron chi connectivity index (χ3n) is 2.82. The summed E-state index contributed by atoms with van der Waals surface area (Å²) in [6.07, 6.45) is 1.73. The lowest BCUT2D eigenvalue weighted by molar-refractivity contribution is -0.0152. The molecule has 16 heavy (non-hydrogen) atoms. The van der Waals surface area contributed by atoms with E-state index in [9.17, 15) is 0 Å². The molecule has 84 valence electrons. The second-order valence-electron chi connectivity index (χ2n) is 4.31. The SMILES string of the molecule is C[C@]1(C#Cc2ccccc2)CC[C@H](CO)O1. The van der Waals surface area contributed by atoms with E-state index in [0.717, 1.165) is 18.4 Å². The first kappa shape index (κ1) is 11.2. The molecule has 0 aliphatic carbocycles. The third kappa shape index (κ3) is 2.63. The van der Waals surface area contributed by atoms with E-state index < -0.39 is 5.60 Å². The fourth-order valence-electron chi connectivity index (χ4n) is 1.87. The summed E-state index contributed by atoms with van der Waals surface area (Å²) in [5.41, 5.74) is 0.600. The Bertz CT molecular complexity index is 402. The number of benzene rings is 1. The molecule has 0 unspecified atom stereocenters. The van der Waals surface area contributed by atoms with E-state index in [-0.39, 0.29) is 12.7 Å². The van der Waals surface area contributed by atoms with Gasteiger partial charge in [0.25, 0.3) is 0 Å². The Morgan fingerprint density at radius 2 is 2.19 bits per heavy atom. The van der Waals surface area contributed by atoms with Crippen LogP contribution in [0.4, 0.5) is 0 Å². The fourth-order valence-corrected chi connectivity index (χ4v) is 1.87. The molecular weight excluding hydrogens is 200 g/mol. The minimum Gasteiger partial charge on any atom is -0.394 e. The topological polar surface area (TPSA) is 29.5 Å². The lowest BCUT2D eigenvalue weighted by Gasteiger charge is -2.17. The lowest BCUT2D eigenvalue weighted by atomic mass is 10.0. The minimum atomic E-state index is -0.400. The van der Waals surface area contributed by atoms with E-state index in [1.54, 1.807) is 0 Å². The molecular formula is C14H16O2. The average Bonchev–Trinajstić information content (AvgIpc) is 2.71. The standard InChI is InChI=1S/C14H16O2/c1-14(10-8-13(11-15)16-14)9-7-12-5-3-2-4-6-12/h2-6,13,15H,8,10-11H2,1H3/t13-,14+/m1/s1. The van der Waals surface area contributed by atoms with Crippen molar-refractivity contribution in [2.45, 2.75) is 31.5 Å². The molecule has 1 fully saturated rings. The van der Waals surface area contributed by atoms with Crippen molar-refractivity contribution in [3.8, 4) is 11.8 Å². The van der Waals surface area contributed by atoms with Gasteiger partial charge in [-0.3, -0.25) is 0 Å². The van der Waals surface area contributed by atoms with Crippen LogP contribution in [0.3, 0.4) is 0 Å². The van der Waals surface area contributed by atoms with Crippen molar-refractivity contribution in [2.24, 2.45) is 0 Å². The van der Waals surface area contributed by atoms with Gasteiger partial charge in [0.15, 0.2) is 0 Å². The summed E-state index contributed by atoms with van der Waals surface area (Å²) < 4.78 is 5.70. The van der Waals surface area contributed by atoms with Crippen LogP contribution in [0.5, 0.6) is 0 Å². The van der Waals surface area contributed by atoms with Gasteiger partial charge < -0.3 is 9.84 Å². The van der Waals surface area contributed by atoms with Crippen molar-refractivity contribution in [3.63, 3.8) is 0 Å². The summed E-state index contributed by atoms with van der Waals surface area (Å²) in [4.78, 5) is 0. The summed E-state index contributed by atoms with van der Waals surface area (Å²) in [6, 6.07) is 9.88. The number of aliphatic hydroxyl groups excluding tert-OH is 1. The Labute approximate surface area is 96.3 Å². The van der Waals surface area contributed by atoms with Gasteiger partial charge in [-0.05, 0) is 31.9 Å². The molecule has 1 aromatic rings. The Hall–Kier alpha value is -1.30. The first-order chi connectivity index (χ1) is 7.72. The van der Waals surface area contributed by atoms with Gasteiger partial charge in [0.2, 0.25) is 0 Å². The molecule has 1 saturated heterocycles. The molecule has 1 N–H and O–H groups in total. The van der Waals surface area contributed by atoms with Crippen molar-refractivity contribution in [3.05, 3.63) is 35.9 Å².